The summed E-state index contributed by atoms with van der Waals surface area (Å²) < 4.78 is 11.2. The van der Waals surface area contributed by atoms with Crippen LogP contribution in [0.4, 0.5) is 0 Å². The smallest absolute Gasteiger partial charge is 0.344 e. The van der Waals surface area contributed by atoms with Crippen LogP contribution in [0.25, 0.3) is 0 Å². The van der Waals surface area contributed by atoms with Crippen LogP contribution in [0.3, 0.4) is 0 Å². The van der Waals surface area contributed by atoms with Crippen LogP contribution in [0, 0.1) is 5.92 Å². The first-order valence-corrected chi connectivity index (χ1v) is 6.85. The lowest BCUT2D eigenvalue weighted by atomic mass is 10.3. The van der Waals surface area contributed by atoms with Crippen LogP contribution in [0.5, 0.6) is 0 Å². The largest absolute Gasteiger partial charge is 0.397 e. The van der Waals surface area contributed by atoms with Crippen molar-refractivity contribution in [3.05, 3.63) is 12.7 Å². The molecule has 0 spiro atoms. The van der Waals surface area contributed by atoms with Gasteiger partial charge in [-0.2, -0.15) is 0 Å². The van der Waals surface area contributed by atoms with E-state index in [-0.39, 0.29) is 0 Å². The van der Waals surface area contributed by atoms with Crippen molar-refractivity contribution in [1.82, 2.24) is 0 Å². The highest BCUT2D eigenvalue weighted by atomic mass is 28.4. The Balaban J connectivity index is 4.57. The van der Waals surface area contributed by atoms with E-state index in [9.17, 15) is 0 Å². The van der Waals surface area contributed by atoms with Crippen LogP contribution in [-0.2, 0) is 8.85 Å². The minimum absolute atomic E-state index is 0.338. The summed E-state index contributed by atoms with van der Waals surface area (Å²) in [4.78, 5) is 0. The minimum atomic E-state index is -2.03. The summed E-state index contributed by atoms with van der Waals surface area (Å²) in [7, 11) is 1.47. The average Bonchev–Trinajstić information content (AvgIpc) is 2.12. The zero-order chi connectivity index (χ0) is 10.5. The Hall–Kier alpha value is -0.123. The van der Waals surface area contributed by atoms with E-state index in [0.717, 1.165) is 6.04 Å². The molecule has 0 fully saturated rings. The fraction of sp³-hybridized carbons (Fsp3) is 0.800. The van der Waals surface area contributed by atoms with Gasteiger partial charge in [0.1, 0.15) is 0 Å². The monoisotopic (exact) mass is 202 g/mol. The van der Waals surface area contributed by atoms with E-state index in [0.29, 0.717) is 11.5 Å². The molecule has 78 valence electrons. The molecule has 0 aromatic heterocycles. The molecule has 0 saturated carbocycles. The Kier molecular flexibility index (Phi) is 5.52. The minimum Gasteiger partial charge on any atom is -0.397 e. The molecule has 0 radical (unpaired) electrons. The predicted octanol–water partition coefficient (Wildman–Crippen LogP) is 2.95. The molecule has 0 bridgehead atoms. The van der Waals surface area contributed by atoms with Gasteiger partial charge in [0, 0.05) is 19.8 Å². The van der Waals surface area contributed by atoms with Gasteiger partial charge in [0.05, 0.1) is 0 Å². The quantitative estimate of drug-likeness (QED) is 0.487. The van der Waals surface area contributed by atoms with Gasteiger partial charge in [-0.1, -0.05) is 26.8 Å². The van der Waals surface area contributed by atoms with Crippen molar-refractivity contribution < 1.29 is 8.85 Å². The molecular weight excluding hydrogens is 180 g/mol. The van der Waals surface area contributed by atoms with E-state index in [1.54, 1.807) is 14.2 Å². The summed E-state index contributed by atoms with van der Waals surface area (Å²) in [6.07, 6.45) is 1.93. The van der Waals surface area contributed by atoms with Crippen LogP contribution < -0.4 is 0 Å². The fourth-order valence-corrected chi connectivity index (χ4v) is 4.67. The second kappa shape index (κ2) is 5.57. The van der Waals surface area contributed by atoms with Crippen LogP contribution in [-0.4, -0.2) is 22.8 Å². The number of allylic oxidation sites excluding steroid dienone is 1. The highest BCUT2D eigenvalue weighted by Gasteiger charge is 2.40. The zero-order valence-electron chi connectivity index (χ0n) is 9.46. The molecule has 0 rings (SSSR count). The topological polar surface area (TPSA) is 18.5 Å². The van der Waals surface area contributed by atoms with Gasteiger partial charge in [0.2, 0.25) is 0 Å². The number of hydrogen-bond donors (Lipinski definition) is 0. The molecular formula is C10H22O2Si. The average molecular weight is 202 g/mol. The first-order chi connectivity index (χ1) is 6.02. The zero-order valence-corrected chi connectivity index (χ0v) is 10.5. The van der Waals surface area contributed by atoms with Gasteiger partial charge in [-0.15, -0.1) is 6.58 Å². The summed E-state index contributed by atoms with van der Waals surface area (Å²) in [6, 6.07) is 1.02. The van der Waals surface area contributed by atoms with Crippen molar-refractivity contribution in [2.24, 2.45) is 5.92 Å². The molecule has 0 aromatic carbocycles. The van der Waals surface area contributed by atoms with Crippen molar-refractivity contribution in [2.45, 2.75) is 32.4 Å². The molecule has 0 amide bonds. The lowest BCUT2D eigenvalue weighted by Crippen LogP contribution is -2.44. The molecule has 0 N–H and O–H groups in total. The second-order valence-corrected chi connectivity index (χ2v) is 7.60. The van der Waals surface area contributed by atoms with Gasteiger partial charge < -0.3 is 8.85 Å². The van der Waals surface area contributed by atoms with Gasteiger partial charge in [-0.25, -0.2) is 0 Å². The molecule has 0 aliphatic carbocycles. The highest BCUT2D eigenvalue weighted by Crippen LogP contribution is 2.30. The van der Waals surface area contributed by atoms with E-state index >= 15 is 0 Å². The lowest BCUT2D eigenvalue weighted by Gasteiger charge is -2.32. The van der Waals surface area contributed by atoms with E-state index in [4.69, 9.17) is 8.85 Å². The van der Waals surface area contributed by atoms with Gasteiger partial charge in [0.25, 0.3) is 0 Å². The Morgan fingerprint density at radius 1 is 1.23 bits per heavy atom. The maximum absolute atomic E-state index is 5.60. The molecule has 2 nitrogen and oxygen atoms in total. The maximum atomic E-state index is 5.60. The third-order valence-corrected chi connectivity index (χ3v) is 6.82. The van der Waals surface area contributed by atoms with Crippen molar-refractivity contribution in [3.63, 3.8) is 0 Å². The number of rotatable bonds is 6. The fourth-order valence-electron chi connectivity index (χ4n) is 1.56. The Bertz CT molecular complexity index is 153. The molecule has 0 aliphatic rings. The van der Waals surface area contributed by atoms with Crippen molar-refractivity contribution in [3.8, 4) is 0 Å². The summed E-state index contributed by atoms with van der Waals surface area (Å²) >= 11 is 0. The molecule has 0 aromatic rings. The van der Waals surface area contributed by atoms with Crippen molar-refractivity contribution in [1.29, 1.82) is 0 Å². The number of hydrogen-bond acceptors (Lipinski definition) is 2. The molecule has 1 unspecified atom stereocenters. The predicted molar refractivity (Wildman–Crippen MR) is 59.0 cm³/mol. The van der Waals surface area contributed by atoms with Crippen LogP contribution >= 0.6 is 0 Å². The highest BCUT2D eigenvalue weighted by molar-refractivity contribution is 6.69. The summed E-state index contributed by atoms with van der Waals surface area (Å²) in [5.41, 5.74) is 0.338. The third-order valence-electron chi connectivity index (χ3n) is 2.43. The van der Waals surface area contributed by atoms with E-state index in [2.05, 4.69) is 27.4 Å². The SMILES string of the molecule is C=CC(C)[Si](CC(C)C)(OC)OC. The standard InChI is InChI=1S/C10H22O2Si/c1-7-10(4)13(11-5,12-6)8-9(2)3/h7,9-10H,1,8H2,2-6H3. The van der Waals surface area contributed by atoms with Gasteiger partial charge in [-0.05, 0) is 12.0 Å². The third kappa shape index (κ3) is 3.25. The van der Waals surface area contributed by atoms with E-state index < -0.39 is 8.56 Å². The Labute approximate surface area is 83.2 Å². The van der Waals surface area contributed by atoms with Crippen LogP contribution in [0.2, 0.25) is 11.6 Å². The molecule has 0 saturated heterocycles. The Morgan fingerprint density at radius 2 is 1.69 bits per heavy atom. The molecule has 13 heavy (non-hydrogen) atoms. The van der Waals surface area contributed by atoms with E-state index in [1.165, 1.54) is 0 Å². The van der Waals surface area contributed by atoms with Crippen molar-refractivity contribution in [2.75, 3.05) is 14.2 Å². The normalized spacial score (nSPS) is 14.6. The second-order valence-electron chi connectivity index (χ2n) is 3.84. The van der Waals surface area contributed by atoms with Gasteiger partial charge >= 0.3 is 8.56 Å². The first kappa shape index (κ1) is 12.9. The molecule has 0 heterocycles. The Morgan fingerprint density at radius 3 is 1.92 bits per heavy atom. The van der Waals surface area contributed by atoms with Gasteiger partial charge in [0.15, 0.2) is 0 Å². The molecule has 0 aliphatic heterocycles. The molecule has 3 heteroatoms. The van der Waals surface area contributed by atoms with Crippen molar-refractivity contribution >= 4 is 8.56 Å². The van der Waals surface area contributed by atoms with E-state index in [1.807, 2.05) is 6.08 Å². The summed E-state index contributed by atoms with van der Waals surface area (Å²) in [5.74, 6) is 0.606. The summed E-state index contributed by atoms with van der Waals surface area (Å²) in [6.45, 7) is 10.3. The van der Waals surface area contributed by atoms with Gasteiger partial charge in [-0.3, -0.25) is 0 Å². The van der Waals surface area contributed by atoms with Crippen LogP contribution in [0.1, 0.15) is 20.8 Å². The summed E-state index contributed by atoms with van der Waals surface area (Å²) in [5, 5.41) is 0. The first-order valence-electron chi connectivity index (χ1n) is 4.75. The lowest BCUT2D eigenvalue weighted by molar-refractivity contribution is 0.230. The molecule has 1 atom stereocenters. The maximum Gasteiger partial charge on any atom is 0.344 e. The van der Waals surface area contributed by atoms with Crippen LogP contribution in [0.15, 0.2) is 12.7 Å².